The number of amides is 1. The molecule has 0 saturated heterocycles. The minimum absolute atomic E-state index is 0.127. The first-order chi connectivity index (χ1) is 7.70. The highest BCUT2D eigenvalue weighted by atomic mass is 19.2. The fourth-order valence-corrected chi connectivity index (χ4v) is 1.35. The zero-order valence-electron chi connectivity index (χ0n) is 10.1. The molecule has 0 bridgehead atoms. The SMILES string of the molecule is CN(C(=O)CC(C)(C)N)c1ccc(F)c(F)c1. The average Bonchev–Trinajstić information content (AvgIpc) is 2.18. The van der Waals surface area contributed by atoms with E-state index < -0.39 is 17.2 Å². The van der Waals surface area contributed by atoms with Crippen LogP contribution in [0.3, 0.4) is 0 Å². The fraction of sp³-hybridized carbons (Fsp3) is 0.417. The number of nitrogens with two attached hydrogens (primary N) is 1. The molecule has 0 spiro atoms. The van der Waals surface area contributed by atoms with E-state index in [2.05, 4.69) is 0 Å². The van der Waals surface area contributed by atoms with Crippen molar-refractivity contribution in [3.8, 4) is 0 Å². The summed E-state index contributed by atoms with van der Waals surface area (Å²) in [6.45, 7) is 3.45. The van der Waals surface area contributed by atoms with Gasteiger partial charge in [0.25, 0.3) is 0 Å². The molecule has 17 heavy (non-hydrogen) atoms. The van der Waals surface area contributed by atoms with Crippen LogP contribution in [0.1, 0.15) is 20.3 Å². The predicted molar refractivity (Wildman–Crippen MR) is 62.7 cm³/mol. The molecule has 1 amide bonds. The van der Waals surface area contributed by atoms with E-state index in [1.807, 2.05) is 0 Å². The highest BCUT2D eigenvalue weighted by Crippen LogP contribution is 2.18. The zero-order valence-corrected chi connectivity index (χ0v) is 10.1. The van der Waals surface area contributed by atoms with Gasteiger partial charge in [0.15, 0.2) is 11.6 Å². The minimum atomic E-state index is -0.978. The highest BCUT2D eigenvalue weighted by Gasteiger charge is 2.20. The monoisotopic (exact) mass is 242 g/mol. The van der Waals surface area contributed by atoms with Crippen LogP contribution in [0.2, 0.25) is 0 Å². The molecule has 0 aliphatic carbocycles. The second kappa shape index (κ2) is 4.79. The third-order valence-electron chi connectivity index (χ3n) is 2.27. The van der Waals surface area contributed by atoms with E-state index in [0.29, 0.717) is 5.69 Å². The quantitative estimate of drug-likeness (QED) is 0.881. The Balaban J connectivity index is 2.85. The number of rotatable bonds is 3. The normalized spacial score (nSPS) is 11.4. The van der Waals surface area contributed by atoms with Crippen molar-refractivity contribution in [1.82, 2.24) is 0 Å². The summed E-state index contributed by atoms with van der Waals surface area (Å²) in [5.74, 6) is -2.16. The van der Waals surface area contributed by atoms with E-state index in [9.17, 15) is 13.6 Å². The van der Waals surface area contributed by atoms with Crippen molar-refractivity contribution in [2.45, 2.75) is 25.8 Å². The Labute approximate surface area is 99.2 Å². The summed E-state index contributed by atoms with van der Waals surface area (Å²) in [5, 5.41) is 0. The van der Waals surface area contributed by atoms with Crippen LogP contribution in [0.25, 0.3) is 0 Å². The molecule has 0 unspecified atom stereocenters. The van der Waals surface area contributed by atoms with Crippen molar-refractivity contribution < 1.29 is 13.6 Å². The van der Waals surface area contributed by atoms with Crippen molar-refractivity contribution in [3.05, 3.63) is 29.8 Å². The van der Waals surface area contributed by atoms with Gasteiger partial charge in [0, 0.05) is 30.8 Å². The van der Waals surface area contributed by atoms with E-state index in [1.54, 1.807) is 13.8 Å². The summed E-state index contributed by atoms with van der Waals surface area (Å²) in [6.07, 6.45) is 0.127. The lowest BCUT2D eigenvalue weighted by atomic mass is 10.0. The molecule has 0 radical (unpaired) electrons. The highest BCUT2D eigenvalue weighted by molar-refractivity contribution is 5.93. The Kier molecular flexibility index (Phi) is 3.83. The molecule has 0 fully saturated rings. The van der Waals surface area contributed by atoms with Gasteiger partial charge < -0.3 is 10.6 Å². The molecule has 0 saturated carbocycles. The maximum atomic E-state index is 13.0. The third-order valence-corrected chi connectivity index (χ3v) is 2.27. The van der Waals surface area contributed by atoms with E-state index in [4.69, 9.17) is 5.73 Å². The summed E-state index contributed by atoms with van der Waals surface area (Å²) in [6, 6.07) is 3.32. The van der Waals surface area contributed by atoms with E-state index in [1.165, 1.54) is 18.0 Å². The fourth-order valence-electron chi connectivity index (χ4n) is 1.35. The van der Waals surface area contributed by atoms with Crippen LogP contribution >= 0.6 is 0 Å². The number of halogens is 2. The van der Waals surface area contributed by atoms with Crippen LogP contribution in [-0.4, -0.2) is 18.5 Å². The van der Waals surface area contributed by atoms with Gasteiger partial charge in [-0.1, -0.05) is 0 Å². The standard InChI is InChI=1S/C12H16F2N2O/c1-12(2,15)7-11(17)16(3)8-4-5-9(13)10(14)6-8/h4-6H,7,15H2,1-3H3. The molecule has 0 heterocycles. The van der Waals surface area contributed by atoms with Gasteiger partial charge in [-0.2, -0.15) is 0 Å². The zero-order chi connectivity index (χ0) is 13.2. The lowest BCUT2D eigenvalue weighted by Crippen LogP contribution is -2.39. The summed E-state index contributed by atoms with van der Waals surface area (Å²) < 4.78 is 25.7. The second-order valence-electron chi connectivity index (χ2n) is 4.72. The molecular formula is C12H16F2N2O. The van der Waals surface area contributed by atoms with Crippen LogP contribution in [0, 0.1) is 11.6 Å². The van der Waals surface area contributed by atoms with E-state index >= 15 is 0 Å². The summed E-state index contributed by atoms with van der Waals surface area (Å²) >= 11 is 0. The first kappa shape index (κ1) is 13.6. The lowest BCUT2D eigenvalue weighted by Gasteiger charge is -2.23. The maximum Gasteiger partial charge on any atom is 0.228 e. The maximum absolute atomic E-state index is 13.0. The molecule has 0 atom stereocenters. The van der Waals surface area contributed by atoms with Crippen molar-refractivity contribution in [2.24, 2.45) is 5.73 Å². The molecule has 0 aromatic heterocycles. The number of nitrogens with zero attached hydrogens (tertiary/aromatic N) is 1. The van der Waals surface area contributed by atoms with Gasteiger partial charge in [0.05, 0.1) is 0 Å². The number of hydrogen-bond acceptors (Lipinski definition) is 2. The first-order valence-corrected chi connectivity index (χ1v) is 5.21. The predicted octanol–water partition coefficient (Wildman–Crippen LogP) is 2.05. The Hall–Kier alpha value is -1.49. The Bertz CT molecular complexity index is 427. The molecule has 1 aromatic carbocycles. The van der Waals surface area contributed by atoms with Crippen molar-refractivity contribution >= 4 is 11.6 Å². The van der Waals surface area contributed by atoms with E-state index in [-0.39, 0.29) is 12.3 Å². The largest absolute Gasteiger partial charge is 0.325 e. The van der Waals surface area contributed by atoms with Crippen LogP contribution < -0.4 is 10.6 Å². The Morgan fingerprint density at radius 1 is 1.35 bits per heavy atom. The summed E-state index contributed by atoms with van der Waals surface area (Å²) in [5.41, 5.74) is 5.39. The first-order valence-electron chi connectivity index (χ1n) is 5.21. The molecule has 2 N–H and O–H groups in total. The minimum Gasteiger partial charge on any atom is -0.325 e. The number of anilines is 1. The Morgan fingerprint density at radius 3 is 2.41 bits per heavy atom. The molecule has 94 valence electrons. The van der Waals surface area contributed by atoms with Gasteiger partial charge in [-0.25, -0.2) is 8.78 Å². The van der Waals surface area contributed by atoms with Crippen molar-refractivity contribution in [1.29, 1.82) is 0 Å². The number of hydrogen-bond donors (Lipinski definition) is 1. The molecule has 3 nitrogen and oxygen atoms in total. The van der Waals surface area contributed by atoms with Gasteiger partial charge in [-0.3, -0.25) is 4.79 Å². The smallest absolute Gasteiger partial charge is 0.228 e. The van der Waals surface area contributed by atoms with Crippen LogP contribution in [0.5, 0.6) is 0 Å². The molecular weight excluding hydrogens is 226 g/mol. The molecule has 1 aromatic rings. The van der Waals surface area contributed by atoms with Crippen LogP contribution in [-0.2, 0) is 4.79 Å². The Morgan fingerprint density at radius 2 is 1.94 bits per heavy atom. The van der Waals surface area contributed by atoms with Gasteiger partial charge in [-0.15, -0.1) is 0 Å². The van der Waals surface area contributed by atoms with Crippen molar-refractivity contribution in [3.63, 3.8) is 0 Å². The summed E-state index contributed by atoms with van der Waals surface area (Å²) in [4.78, 5) is 13.0. The lowest BCUT2D eigenvalue weighted by molar-refractivity contribution is -0.119. The number of carbonyl (C=O) groups is 1. The van der Waals surface area contributed by atoms with E-state index in [0.717, 1.165) is 12.1 Å². The van der Waals surface area contributed by atoms with Gasteiger partial charge >= 0.3 is 0 Å². The molecule has 0 aliphatic rings. The van der Waals surface area contributed by atoms with Crippen molar-refractivity contribution in [2.75, 3.05) is 11.9 Å². The van der Waals surface area contributed by atoms with Gasteiger partial charge in [0.2, 0.25) is 5.91 Å². The van der Waals surface area contributed by atoms with Gasteiger partial charge in [0.1, 0.15) is 0 Å². The third kappa shape index (κ3) is 3.78. The topological polar surface area (TPSA) is 46.3 Å². The molecule has 5 heteroatoms. The van der Waals surface area contributed by atoms with Gasteiger partial charge in [-0.05, 0) is 26.0 Å². The second-order valence-corrected chi connectivity index (χ2v) is 4.72. The number of benzene rings is 1. The summed E-state index contributed by atoms with van der Waals surface area (Å²) in [7, 11) is 1.50. The van der Waals surface area contributed by atoms with Crippen LogP contribution in [0.15, 0.2) is 18.2 Å². The molecule has 0 aliphatic heterocycles. The average molecular weight is 242 g/mol. The number of carbonyl (C=O) groups excluding carboxylic acids is 1. The van der Waals surface area contributed by atoms with Crippen LogP contribution in [0.4, 0.5) is 14.5 Å². The molecule has 1 rings (SSSR count).